The van der Waals surface area contributed by atoms with Crippen molar-refractivity contribution in [2.45, 2.75) is 19.0 Å². The predicted molar refractivity (Wildman–Crippen MR) is 68.0 cm³/mol. The summed E-state index contributed by atoms with van der Waals surface area (Å²) in [6.07, 6.45) is 3.98. The molecule has 1 aromatic carbocycles. The van der Waals surface area contributed by atoms with Crippen molar-refractivity contribution in [3.05, 3.63) is 47.8 Å². The van der Waals surface area contributed by atoms with Gasteiger partial charge in [-0.15, -0.1) is 0 Å². The van der Waals surface area contributed by atoms with Crippen molar-refractivity contribution < 1.29 is 4.79 Å². The van der Waals surface area contributed by atoms with E-state index in [2.05, 4.69) is 33.0 Å². The molecule has 2 heterocycles. The molecule has 1 amide bonds. The summed E-state index contributed by atoms with van der Waals surface area (Å²) in [5, 5.41) is 12.5. The first-order valence-corrected chi connectivity index (χ1v) is 5.93. The summed E-state index contributed by atoms with van der Waals surface area (Å²) in [5.41, 5.74) is 3.20. The van der Waals surface area contributed by atoms with Gasteiger partial charge < -0.3 is 10.6 Å². The van der Waals surface area contributed by atoms with Crippen LogP contribution in [0.1, 0.15) is 11.1 Å². The number of amides is 1. The lowest BCUT2D eigenvalue weighted by molar-refractivity contribution is -0.118. The Hall–Kier alpha value is -2.14. The molecule has 3 rings (SSSR count). The minimum atomic E-state index is -0.185. The van der Waals surface area contributed by atoms with E-state index in [1.54, 1.807) is 12.4 Å². The lowest BCUT2D eigenvalue weighted by atomic mass is 9.95. The molecule has 92 valence electrons. The number of aromatic amines is 1. The molecular weight excluding hydrogens is 228 g/mol. The van der Waals surface area contributed by atoms with Crippen molar-refractivity contribution in [1.29, 1.82) is 0 Å². The van der Waals surface area contributed by atoms with Gasteiger partial charge in [-0.1, -0.05) is 24.3 Å². The number of carbonyl (C=O) groups is 1. The molecule has 1 aromatic heterocycles. The van der Waals surface area contributed by atoms with E-state index < -0.39 is 0 Å². The second-order valence-corrected chi connectivity index (χ2v) is 4.38. The number of nitrogens with one attached hydrogen (secondary N) is 3. The van der Waals surface area contributed by atoms with E-state index in [9.17, 15) is 4.79 Å². The molecule has 1 atom stereocenters. The highest BCUT2D eigenvalue weighted by Crippen LogP contribution is 2.17. The number of carbonyl (C=O) groups excluding carboxylic acids is 1. The van der Waals surface area contributed by atoms with Gasteiger partial charge in [0.25, 0.3) is 0 Å². The van der Waals surface area contributed by atoms with E-state index in [0.29, 0.717) is 5.69 Å². The van der Waals surface area contributed by atoms with Gasteiger partial charge in [-0.25, -0.2) is 0 Å². The predicted octanol–water partition coefficient (Wildman–Crippen LogP) is 1.06. The molecule has 0 fully saturated rings. The molecule has 1 aliphatic rings. The maximum absolute atomic E-state index is 12.1. The van der Waals surface area contributed by atoms with Crippen LogP contribution in [0.5, 0.6) is 0 Å². The molecule has 2 aromatic rings. The SMILES string of the molecule is O=C(Nc1cn[nH]c1)[C@H]1Cc2ccccc2CN1. The van der Waals surface area contributed by atoms with Crippen molar-refractivity contribution >= 4 is 11.6 Å². The largest absolute Gasteiger partial charge is 0.322 e. The first-order valence-electron chi connectivity index (χ1n) is 5.93. The first-order chi connectivity index (χ1) is 8.83. The van der Waals surface area contributed by atoms with Gasteiger partial charge in [-0.3, -0.25) is 9.89 Å². The van der Waals surface area contributed by atoms with Gasteiger partial charge in [-0.2, -0.15) is 5.10 Å². The normalized spacial score (nSPS) is 18.1. The lowest BCUT2D eigenvalue weighted by Gasteiger charge is -2.25. The van der Waals surface area contributed by atoms with Crippen molar-refractivity contribution in [2.75, 3.05) is 5.32 Å². The molecule has 0 unspecified atom stereocenters. The van der Waals surface area contributed by atoms with Crippen molar-refractivity contribution in [3.63, 3.8) is 0 Å². The number of anilines is 1. The number of hydrogen-bond acceptors (Lipinski definition) is 3. The molecule has 0 bridgehead atoms. The number of aromatic nitrogens is 2. The summed E-state index contributed by atoms with van der Waals surface area (Å²) in [6, 6.07) is 8.01. The molecule has 0 radical (unpaired) electrons. The minimum Gasteiger partial charge on any atom is -0.322 e. The molecule has 0 saturated heterocycles. The third-order valence-electron chi connectivity index (χ3n) is 3.16. The summed E-state index contributed by atoms with van der Waals surface area (Å²) in [4.78, 5) is 12.1. The number of nitrogens with zero attached hydrogens (tertiary/aromatic N) is 1. The Morgan fingerprint density at radius 1 is 1.33 bits per heavy atom. The van der Waals surface area contributed by atoms with Gasteiger partial charge in [0.15, 0.2) is 0 Å². The number of hydrogen-bond donors (Lipinski definition) is 3. The number of fused-ring (bicyclic) bond motifs is 1. The van der Waals surface area contributed by atoms with Gasteiger partial charge in [-0.05, 0) is 17.5 Å². The van der Waals surface area contributed by atoms with Crippen LogP contribution in [0.15, 0.2) is 36.7 Å². The smallest absolute Gasteiger partial charge is 0.241 e. The van der Waals surface area contributed by atoms with Crippen LogP contribution in [-0.2, 0) is 17.8 Å². The van der Waals surface area contributed by atoms with E-state index in [4.69, 9.17) is 0 Å². The van der Waals surface area contributed by atoms with Crippen molar-refractivity contribution in [2.24, 2.45) is 0 Å². The number of rotatable bonds is 2. The standard InChI is InChI=1S/C13H14N4O/c18-13(17-11-7-15-16-8-11)12-5-9-3-1-2-4-10(9)6-14-12/h1-4,7-8,12,14H,5-6H2,(H,15,16)(H,17,18)/t12-/m1/s1. The fourth-order valence-corrected chi connectivity index (χ4v) is 2.19. The molecule has 0 aliphatic carbocycles. The third-order valence-corrected chi connectivity index (χ3v) is 3.16. The van der Waals surface area contributed by atoms with E-state index in [1.807, 2.05) is 12.1 Å². The maximum atomic E-state index is 12.1. The van der Waals surface area contributed by atoms with Gasteiger partial charge in [0.2, 0.25) is 5.91 Å². The van der Waals surface area contributed by atoms with Crippen LogP contribution < -0.4 is 10.6 Å². The van der Waals surface area contributed by atoms with Gasteiger partial charge in [0, 0.05) is 12.7 Å². The zero-order chi connectivity index (χ0) is 12.4. The Kier molecular flexibility index (Phi) is 2.82. The van der Waals surface area contributed by atoms with Gasteiger partial charge >= 0.3 is 0 Å². The first kappa shape index (κ1) is 11.0. The van der Waals surface area contributed by atoms with Crippen LogP contribution >= 0.6 is 0 Å². The van der Waals surface area contributed by atoms with Crippen LogP contribution in [-0.4, -0.2) is 22.1 Å². The summed E-state index contributed by atoms with van der Waals surface area (Å²) in [7, 11) is 0. The van der Waals surface area contributed by atoms with Crippen LogP contribution in [0, 0.1) is 0 Å². The minimum absolute atomic E-state index is 0.0223. The molecule has 3 N–H and O–H groups in total. The Labute approximate surface area is 105 Å². The van der Waals surface area contributed by atoms with Crippen LogP contribution in [0.25, 0.3) is 0 Å². The summed E-state index contributed by atoms with van der Waals surface area (Å²) in [6.45, 7) is 0.736. The topological polar surface area (TPSA) is 69.8 Å². The highest BCUT2D eigenvalue weighted by Gasteiger charge is 2.23. The van der Waals surface area contributed by atoms with Gasteiger partial charge in [0.05, 0.1) is 17.9 Å². The molecule has 5 nitrogen and oxygen atoms in total. The molecule has 5 heteroatoms. The second kappa shape index (κ2) is 4.62. The number of benzene rings is 1. The lowest BCUT2D eigenvalue weighted by Crippen LogP contribution is -2.44. The Bertz CT molecular complexity index is 550. The Balaban J connectivity index is 1.70. The second-order valence-electron chi connectivity index (χ2n) is 4.38. The van der Waals surface area contributed by atoms with Crippen molar-refractivity contribution in [1.82, 2.24) is 15.5 Å². The summed E-state index contributed by atoms with van der Waals surface area (Å²) < 4.78 is 0. The third kappa shape index (κ3) is 2.12. The van der Waals surface area contributed by atoms with Gasteiger partial charge in [0.1, 0.15) is 0 Å². The average Bonchev–Trinajstić information content (AvgIpc) is 2.91. The fraction of sp³-hybridized carbons (Fsp3) is 0.231. The number of H-pyrrole nitrogens is 1. The van der Waals surface area contributed by atoms with E-state index in [1.165, 1.54) is 11.1 Å². The molecule has 1 aliphatic heterocycles. The fourth-order valence-electron chi connectivity index (χ4n) is 2.19. The van der Waals surface area contributed by atoms with Crippen LogP contribution in [0.2, 0.25) is 0 Å². The summed E-state index contributed by atoms with van der Waals surface area (Å²) >= 11 is 0. The highest BCUT2D eigenvalue weighted by molar-refractivity contribution is 5.95. The molecule has 18 heavy (non-hydrogen) atoms. The molecule has 0 spiro atoms. The average molecular weight is 242 g/mol. The highest BCUT2D eigenvalue weighted by atomic mass is 16.2. The van der Waals surface area contributed by atoms with Crippen molar-refractivity contribution in [3.8, 4) is 0 Å². The quantitative estimate of drug-likeness (QED) is 0.737. The molecular formula is C13H14N4O. The Morgan fingerprint density at radius 2 is 2.17 bits per heavy atom. The van der Waals surface area contributed by atoms with Crippen LogP contribution in [0.3, 0.4) is 0 Å². The zero-order valence-electron chi connectivity index (χ0n) is 9.81. The van der Waals surface area contributed by atoms with E-state index in [-0.39, 0.29) is 11.9 Å². The Morgan fingerprint density at radius 3 is 2.94 bits per heavy atom. The monoisotopic (exact) mass is 242 g/mol. The summed E-state index contributed by atoms with van der Waals surface area (Å²) in [5.74, 6) is -0.0223. The van der Waals surface area contributed by atoms with E-state index >= 15 is 0 Å². The maximum Gasteiger partial charge on any atom is 0.241 e. The van der Waals surface area contributed by atoms with Crippen LogP contribution in [0.4, 0.5) is 5.69 Å². The zero-order valence-corrected chi connectivity index (χ0v) is 9.81. The van der Waals surface area contributed by atoms with E-state index in [0.717, 1.165) is 13.0 Å². The molecule has 0 saturated carbocycles.